The minimum atomic E-state index is 0.641. The summed E-state index contributed by atoms with van der Waals surface area (Å²) in [6.07, 6.45) is 8.25. The first kappa shape index (κ1) is 11.0. The fourth-order valence-corrected chi connectivity index (χ4v) is 2.47. The minimum Gasteiger partial charge on any atom is -0.314 e. The molecule has 1 aliphatic heterocycles. The second-order valence-electron chi connectivity index (χ2n) is 4.93. The van der Waals surface area contributed by atoms with Crippen LogP contribution in [-0.4, -0.2) is 12.6 Å². The van der Waals surface area contributed by atoms with Gasteiger partial charge in [-0.25, -0.2) is 0 Å². The van der Waals surface area contributed by atoms with Crippen LogP contribution in [0.4, 0.5) is 0 Å². The van der Waals surface area contributed by atoms with Gasteiger partial charge in [-0.2, -0.15) is 0 Å². The van der Waals surface area contributed by atoms with Gasteiger partial charge in [0.1, 0.15) is 0 Å². The Morgan fingerprint density at radius 3 is 2.77 bits per heavy atom. The normalized spacial score (nSPS) is 34.8. The Morgan fingerprint density at radius 1 is 1.38 bits per heavy atom. The Hall–Kier alpha value is -0.0400. The third-order valence-corrected chi connectivity index (χ3v) is 3.53. The Balaban J connectivity index is 2.37. The monoisotopic (exact) mass is 183 g/mol. The highest BCUT2D eigenvalue weighted by molar-refractivity contribution is 4.85. The van der Waals surface area contributed by atoms with Gasteiger partial charge in [0.05, 0.1) is 0 Å². The first-order valence-corrected chi connectivity index (χ1v) is 5.93. The maximum absolute atomic E-state index is 3.60. The van der Waals surface area contributed by atoms with Crippen molar-refractivity contribution in [2.24, 2.45) is 5.41 Å². The predicted molar refractivity (Wildman–Crippen MR) is 58.9 cm³/mol. The van der Waals surface area contributed by atoms with Crippen molar-refractivity contribution in [1.29, 1.82) is 0 Å². The van der Waals surface area contributed by atoms with Gasteiger partial charge in [0.15, 0.2) is 0 Å². The van der Waals surface area contributed by atoms with E-state index in [4.69, 9.17) is 0 Å². The molecule has 1 heteroatoms. The van der Waals surface area contributed by atoms with Crippen LogP contribution in [0.3, 0.4) is 0 Å². The van der Waals surface area contributed by atoms with Crippen LogP contribution in [0.1, 0.15) is 59.3 Å². The van der Waals surface area contributed by atoms with E-state index < -0.39 is 0 Å². The van der Waals surface area contributed by atoms with Crippen molar-refractivity contribution in [3.8, 4) is 0 Å². The van der Waals surface area contributed by atoms with E-state index in [1.807, 2.05) is 0 Å². The Bertz CT molecular complexity index is 144. The lowest BCUT2D eigenvalue weighted by Gasteiger charge is -2.39. The van der Waals surface area contributed by atoms with Gasteiger partial charge in [-0.15, -0.1) is 0 Å². The number of piperidine rings is 1. The highest BCUT2D eigenvalue weighted by atomic mass is 14.9. The molecule has 1 aliphatic rings. The molecule has 0 aromatic rings. The van der Waals surface area contributed by atoms with Crippen LogP contribution < -0.4 is 5.32 Å². The van der Waals surface area contributed by atoms with E-state index in [-0.39, 0.29) is 0 Å². The zero-order valence-electron chi connectivity index (χ0n) is 9.53. The molecular formula is C12H25N. The quantitative estimate of drug-likeness (QED) is 0.705. The van der Waals surface area contributed by atoms with Gasteiger partial charge in [-0.3, -0.25) is 0 Å². The topological polar surface area (TPSA) is 12.0 Å². The predicted octanol–water partition coefficient (Wildman–Crippen LogP) is 3.34. The standard InChI is InChI=1S/C12H25N/c1-4-6-7-12(3)8-9-13-11(5-2)10-12/h11,13H,4-10H2,1-3H3/t11?,12-/m1/s1. The lowest BCUT2D eigenvalue weighted by atomic mass is 9.74. The maximum Gasteiger partial charge on any atom is 0.00696 e. The average molecular weight is 183 g/mol. The molecule has 0 amide bonds. The van der Waals surface area contributed by atoms with Crippen molar-refractivity contribution < 1.29 is 0 Å². The summed E-state index contributed by atoms with van der Waals surface area (Å²) in [5.41, 5.74) is 0.641. The van der Waals surface area contributed by atoms with Crippen LogP contribution in [0, 0.1) is 5.41 Å². The molecule has 1 N–H and O–H groups in total. The number of hydrogen-bond donors (Lipinski definition) is 1. The highest BCUT2D eigenvalue weighted by Crippen LogP contribution is 2.36. The summed E-state index contributed by atoms with van der Waals surface area (Å²) in [6, 6.07) is 0.788. The molecule has 0 bridgehead atoms. The van der Waals surface area contributed by atoms with Crippen LogP contribution >= 0.6 is 0 Å². The van der Waals surface area contributed by atoms with E-state index in [2.05, 4.69) is 26.1 Å². The summed E-state index contributed by atoms with van der Waals surface area (Å²) in [5.74, 6) is 0. The Kier molecular flexibility index (Phi) is 4.24. The Morgan fingerprint density at radius 2 is 2.15 bits per heavy atom. The minimum absolute atomic E-state index is 0.641. The Labute approximate surface area is 83.3 Å². The molecule has 13 heavy (non-hydrogen) atoms. The zero-order valence-corrected chi connectivity index (χ0v) is 9.53. The van der Waals surface area contributed by atoms with Crippen LogP contribution in [0.25, 0.3) is 0 Å². The summed E-state index contributed by atoms with van der Waals surface area (Å²) in [5, 5.41) is 3.60. The van der Waals surface area contributed by atoms with E-state index in [0.29, 0.717) is 5.41 Å². The fourth-order valence-electron chi connectivity index (χ4n) is 2.47. The third kappa shape index (κ3) is 3.30. The van der Waals surface area contributed by atoms with Gasteiger partial charge < -0.3 is 5.32 Å². The summed E-state index contributed by atoms with van der Waals surface area (Å²) in [6.45, 7) is 8.30. The van der Waals surface area contributed by atoms with E-state index in [9.17, 15) is 0 Å². The molecule has 0 aliphatic carbocycles. The molecule has 0 spiro atoms. The molecule has 0 aromatic carbocycles. The third-order valence-electron chi connectivity index (χ3n) is 3.53. The van der Waals surface area contributed by atoms with Crippen LogP contribution in [-0.2, 0) is 0 Å². The van der Waals surface area contributed by atoms with Crippen molar-refractivity contribution in [2.75, 3.05) is 6.54 Å². The molecule has 0 saturated carbocycles. The molecule has 1 unspecified atom stereocenters. The van der Waals surface area contributed by atoms with Crippen molar-refractivity contribution in [1.82, 2.24) is 5.32 Å². The van der Waals surface area contributed by atoms with Crippen LogP contribution in [0.15, 0.2) is 0 Å². The molecule has 0 aromatic heterocycles. The van der Waals surface area contributed by atoms with Crippen LogP contribution in [0.2, 0.25) is 0 Å². The highest BCUT2D eigenvalue weighted by Gasteiger charge is 2.30. The molecule has 2 atom stereocenters. The van der Waals surface area contributed by atoms with Crippen molar-refractivity contribution in [3.63, 3.8) is 0 Å². The smallest absolute Gasteiger partial charge is 0.00696 e. The molecular weight excluding hydrogens is 158 g/mol. The number of unbranched alkanes of at least 4 members (excludes halogenated alkanes) is 1. The summed E-state index contributed by atoms with van der Waals surface area (Å²) in [7, 11) is 0. The fraction of sp³-hybridized carbons (Fsp3) is 1.00. The van der Waals surface area contributed by atoms with Gasteiger partial charge in [0, 0.05) is 6.04 Å². The number of nitrogens with one attached hydrogen (secondary N) is 1. The van der Waals surface area contributed by atoms with Gasteiger partial charge in [0.25, 0.3) is 0 Å². The zero-order chi connectivity index (χ0) is 9.73. The number of hydrogen-bond acceptors (Lipinski definition) is 1. The van der Waals surface area contributed by atoms with Gasteiger partial charge in [0.2, 0.25) is 0 Å². The molecule has 1 fully saturated rings. The largest absolute Gasteiger partial charge is 0.314 e. The summed E-state index contributed by atoms with van der Waals surface area (Å²) < 4.78 is 0. The van der Waals surface area contributed by atoms with E-state index >= 15 is 0 Å². The first-order valence-electron chi connectivity index (χ1n) is 5.93. The second-order valence-corrected chi connectivity index (χ2v) is 4.93. The lowest BCUT2D eigenvalue weighted by Crippen LogP contribution is -2.42. The van der Waals surface area contributed by atoms with E-state index in [0.717, 1.165) is 6.04 Å². The second kappa shape index (κ2) is 4.99. The average Bonchev–Trinajstić information content (AvgIpc) is 2.15. The molecule has 0 radical (unpaired) electrons. The molecule has 1 saturated heterocycles. The summed E-state index contributed by atoms with van der Waals surface area (Å²) >= 11 is 0. The summed E-state index contributed by atoms with van der Waals surface area (Å²) in [4.78, 5) is 0. The van der Waals surface area contributed by atoms with Crippen molar-refractivity contribution in [3.05, 3.63) is 0 Å². The van der Waals surface area contributed by atoms with E-state index in [1.54, 1.807) is 0 Å². The number of rotatable bonds is 4. The van der Waals surface area contributed by atoms with Crippen LogP contribution in [0.5, 0.6) is 0 Å². The van der Waals surface area contributed by atoms with E-state index in [1.165, 1.54) is 45.1 Å². The van der Waals surface area contributed by atoms with Gasteiger partial charge in [-0.05, 0) is 37.6 Å². The maximum atomic E-state index is 3.60. The molecule has 1 rings (SSSR count). The van der Waals surface area contributed by atoms with Gasteiger partial charge in [-0.1, -0.05) is 33.6 Å². The molecule has 1 heterocycles. The SMILES string of the molecule is CCCC[C@]1(C)CCNC(CC)C1. The molecule has 78 valence electrons. The van der Waals surface area contributed by atoms with Crippen molar-refractivity contribution >= 4 is 0 Å². The first-order chi connectivity index (χ1) is 6.20. The van der Waals surface area contributed by atoms with Crippen molar-refractivity contribution in [2.45, 2.75) is 65.3 Å². The van der Waals surface area contributed by atoms with Gasteiger partial charge >= 0.3 is 0 Å². The molecule has 1 nitrogen and oxygen atoms in total. The lowest BCUT2D eigenvalue weighted by molar-refractivity contribution is 0.165.